The second-order valence-electron chi connectivity index (χ2n) is 10.4. The lowest BCUT2D eigenvalue weighted by molar-refractivity contribution is -0.0444. The Balaban J connectivity index is 1.50. The van der Waals surface area contributed by atoms with Gasteiger partial charge in [-0.2, -0.15) is 0 Å². The molecule has 3 saturated carbocycles. The van der Waals surface area contributed by atoms with Crippen LogP contribution in [0.4, 0.5) is 0 Å². The van der Waals surface area contributed by atoms with E-state index in [9.17, 15) is 0 Å². The largest absolute Gasteiger partial charge is 0.381 e. The number of methoxy groups -OCH3 is 1. The van der Waals surface area contributed by atoms with Crippen LogP contribution in [-0.4, -0.2) is 13.2 Å². The quantitative estimate of drug-likeness (QED) is 0.612. The fourth-order valence-corrected chi connectivity index (χ4v) is 7.69. The maximum absolute atomic E-state index is 5.93. The van der Waals surface area contributed by atoms with Crippen LogP contribution in [0.25, 0.3) is 0 Å². The van der Waals surface area contributed by atoms with Crippen LogP contribution in [0.5, 0.6) is 0 Å². The molecule has 26 heavy (non-hydrogen) atoms. The standard InChI is InChI=1S/C25H36O/c1-14-12-17-6-7-19-18(21(17)13-20(14)24-15(2)16(24)3)10-11-25(4)22(19)8-9-23(25)26-5/h12-13,15-16,18-19,22-24H,6-11H2,1-5H3/t15?,16?,18-,19+,22-,23-,24?,25-/m0/s1. The Bertz CT molecular complexity index is 713. The minimum absolute atomic E-state index is 0.431. The maximum Gasteiger partial charge on any atom is 0.0627 e. The SMILES string of the molecule is CO[C@H]1CC[C@H]2[C@@H]3CCc4cc(C)c(C5C(C)C5C)cc4[C@H]3CC[C@]12C. The first-order chi connectivity index (χ1) is 12.5. The molecule has 0 amide bonds. The third-order valence-corrected chi connectivity index (χ3v) is 9.49. The number of rotatable bonds is 2. The summed E-state index contributed by atoms with van der Waals surface area (Å²) in [6.45, 7) is 9.77. The summed E-state index contributed by atoms with van der Waals surface area (Å²) in [6, 6.07) is 5.25. The summed E-state index contributed by atoms with van der Waals surface area (Å²) in [5, 5.41) is 0. The van der Waals surface area contributed by atoms with Crippen molar-refractivity contribution in [3.63, 3.8) is 0 Å². The Labute approximate surface area is 159 Å². The third-order valence-electron chi connectivity index (χ3n) is 9.49. The Morgan fingerprint density at radius 1 is 1.00 bits per heavy atom. The van der Waals surface area contributed by atoms with Gasteiger partial charge in [-0.05, 0) is 109 Å². The molecule has 1 heteroatoms. The Kier molecular flexibility index (Phi) is 3.88. The van der Waals surface area contributed by atoms with E-state index in [4.69, 9.17) is 4.74 Å². The van der Waals surface area contributed by atoms with Gasteiger partial charge in [0.05, 0.1) is 6.10 Å². The highest BCUT2D eigenvalue weighted by atomic mass is 16.5. The van der Waals surface area contributed by atoms with Crippen molar-refractivity contribution in [2.45, 2.75) is 84.2 Å². The lowest BCUT2D eigenvalue weighted by Gasteiger charge is -2.50. The summed E-state index contributed by atoms with van der Waals surface area (Å²) >= 11 is 0. The van der Waals surface area contributed by atoms with E-state index in [1.54, 1.807) is 22.3 Å². The van der Waals surface area contributed by atoms with Gasteiger partial charge in [-0.25, -0.2) is 0 Å². The van der Waals surface area contributed by atoms with Gasteiger partial charge < -0.3 is 4.74 Å². The van der Waals surface area contributed by atoms with Gasteiger partial charge in [0.15, 0.2) is 0 Å². The first-order valence-corrected chi connectivity index (χ1v) is 11.1. The lowest BCUT2D eigenvalue weighted by atomic mass is 9.55. The van der Waals surface area contributed by atoms with Crippen LogP contribution >= 0.6 is 0 Å². The van der Waals surface area contributed by atoms with E-state index < -0.39 is 0 Å². The average Bonchev–Trinajstić information content (AvgIpc) is 3.06. The van der Waals surface area contributed by atoms with Crippen LogP contribution in [0.2, 0.25) is 0 Å². The van der Waals surface area contributed by atoms with Crippen LogP contribution in [0.15, 0.2) is 12.1 Å². The van der Waals surface area contributed by atoms with Gasteiger partial charge in [0.25, 0.3) is 0 Å². The summed E-state index contributed by atoms with van der Waals surface area (Å²) in [5.41, 5.74) is 7.10. The first-order valence-electron chi connectivity index (χ1n) is 11.1. The number of benzene rings is 1. The molecule has 7 atom stereocenters. The highest BCUT2D eigenvalue weighted by Gasteiger charge is 2.55. The highest BCUT2D eigenvalue weighted by Crippen LogP contribution is 2.62. The van der Waals surface area contributed by atoms with Crippen LogP contribution in [-0.2, 0) is 11.2 Å². The van der Waals surface area contributed by atoms with Crippen LogP contribution in [0.3, 0.4) is 0 Å². The van der Waals surface area contributed by atoms with Gasteiger partial charge in [-0.3, -0.25) is 0 Å². The Morgan fingerprint density at radius 2 is 1.77 bits per heavy atom. The molecule has 0 N–H and O–H groups in total. The monoisotopic (exact) mass is 352 g/mol. The molecule has 4 aliphatic carbocycles. The second-order valence-corrected chi connectivity index (χ2v) is 10.4. The smallest absolute Gasteiger partial charge is 0.0627 e. The summed E-state index contributed by atoms with van der Waals surface area (Å²) < 4.78 is 5.93. The van der Waals surface area contributed by atoms with Crippen molar-refractivity contribution in [3.8, 4) is 0 Å². The third kappa shape index (κ3) is 2.25. The molecule has 0 aliphatic heterocycles. The zero-order chi connectivity index (χ0) is 18.2. The van der Waals surface area contributed by atoms with Crippen molar-refractivity contribution >= 4 is 0 Å². The van der Waals surface area contributed by atoms with Gasteiger partial charge in [0, 0.05) is 7.11 Å². The molecule has 0 spiro atoms. The molecule has 142 valence electrons. The molecule has 2 unspecified atom stereocenters. The minimum Gasteiger partial charge on any atom is -0.381 e. The van der Waals surface area contributed by atoms with E-state index >= 15 is 0 Å². The highest BCUT2D eigenvalue weighted by molar-refractivity contribution is 5.46. The normalized spacial score (nSPS) is 46.4. The number of hydrogen-bond acceptors (Lipinski definition) is 1. The predicted molar refractivity (Wildman–Crippen MR) is 108 cm³/mol. The predicted octanol–water partition coefficient (Wildman–Crippen LogP) is 6.24. The van der Waals surface area contributed by atoms with Gasteiger partial charge in [0.2, 0.25) is 0 Å². The van der Waals surface area contributed by atoms with Crippen LogP contribution < -0.4 is 0 Å². The first kappa shape index (κ1) is 17.3. The molecule has 3 fully saturated rings. The summed E-state index contributed by atoms with van der Waals surface area (Å²) in [6.07, 6.45) is 8.61. The molecular weight excluding hydrogens is 316 g/mol. The number of hydrogen-bond donors (Lipinski definition) is 0. The molecule has 1 aromatic rings. The molecule has 1 aromatic carbocycles. The van der Waals surface area contributed by atoms with Crippen LogP contribution in [0.1, 0.15) is 87.0 Å². The average molecular weight is 353 g/mol. The van der Waals surface area contributed by atoms with Gasteiger partial charge in [-0.1, -0.05) is 32.9 Å². The molecule has 0 heterocycles. The molecule has 4 aliphatic rings. The molecular formula is C25H36O. The van der Waals surface area contributed by atoms with E-state index in [0.717, 1.165) is 35.5 Å². The van der Waals surface area contributed by atoms with Crippen molar-refractivity contribution in [1.29, 1.82) is 0 Å². The van der Waals surface area contributed by atoms with Gasteiger partial charge >= 0.3 is 0 Å². The fourth-order valence-electron chi connectivity index (χ4n) is 7.69. The van der Waals surface area contributed by atoms with E-state index in [1.807, 2.05) is 7.11 Å². The van der Waals surface area contributed by atoms with Crippen molar-refractivity contribution in [1.82, 2.24) is 0 Å². The molecule has 0 bridgehead atoms. The molecule has 5 rings (SSSR count). The number of ether oxygens (including phenoxy) is 1. The molecule has 1 nitrogen and oxygen atoms in total. The topological polar surface area (TPSA) is 9.23 Å². The number of aryl methyl sites for hydroxylation is 2. The Morgan fingerprint density at radius 3 is 2.46 bits per heavy atom. The van der Waals surface area contributed by atoms with Gasteiger partial charge in [0.1, 0.15) is 0 Å². The van der Waals surface area contributed by atoms with Gasteiger partial charge in [-0.15, -0.1) is 0 Å². The van der Waals surface area contributed by atoms with Crippen molar-refractivity contribution in [2.24, 2.45) is 29.1 Å². The van der Waals surface area contributed by atoms with Crippen molar-refractivity contribution in [3.05, 3.63) is 34.4 Å². The van der Waals surface area contributed by atoms with E-state index in [2.05, 4.69) is 39.8 Å². The minimum atomic E-state index is 0.431. The molecule has 0 aromatic heterocycles. The summed E-state index contributed by atoms with van der Waals surface area (Å²) in [4.78, 5) is 0. The fraction of sp³-hybridized carbons (Fsp3) is 0.760. The van der Waals surface area contributed by atoms with Crippen molar-refractivity contribution in [2.75, 3.05) is 7.11 Å². The zero-order valence-electron chi connectivity index (χ0n) is 17.3. The molecule has 0 saturated heterocycles. The second kappa shape index (κ2) is 5.84. The van der Waals surface area contributed by atoms with Crippen LogP contribution in [0, 0.1) is 36.0 Å². The molecule has 0 radical (unpaired) electrons. The Hall–Kier alpha value is -0.820. The van der Waals surface area contributed by atoms with E-state index in [-0.39, 0.29) is 0 Å². The van der Waals surface area contributed by atoms with E-state index in [1.165, 1.54) is 38.5 Å². The summed E-state index contributed by atoms with van der Waals surface area (Å²) in [7, 11) is 1.94. The zero-order valence-corrected chi connectivity index (χ0v) is 17.3. The number of fused-ring (bicyclic) bond motifs is 5. The van der Waals surface area contributed by atoms with Crippen molar-refractivity contribution < 1.29 is 4.74 Å². The lowest BCUT2D eigenvalue weighted by Crippen LogP contribution is -2.44. The van der Waals surface area contributed by atoms with E-state index in [0.29, 0.717) is 11.5 Å². The maximum atomic E-state index is 5.93. The summed E-state index contributed by atoms with van der Waals surface area (Å²) in [5.74, 6) is 5.15.